The summed E-state index contributed by atoms with van der Waals surface area (Å²) in [5.41, 5.74) is 2.81. The minimum absolute atomic E-state index is 0.0782. The number of aromatic hydroxyl groups is 1. The van der Waals surface area contributed by atoms with Gasteiger partial charge in [-0.25, -0.2) is 8.78 Å². The van der Waals surface area contributed by atoms with E-state index in [9.17, 15) is 18.7 Å². The fourth-order valence-electron chi connectivity index (χ4n) is 4.06. The largest absolute Gasteiger partial charge is 0.508 e. The molecule has 0 aliphatic carbocycles. The first-order chi connectivity index (χ1) is 15.5. The van der Waals surface area contributed by atoms with Gasteiger partial charge >= 0.3 is 0 Å². The number of phenols is 1. The predicted octanol–water partition coefficient (Wildman–Crippen LogP) is 5.21. The molecule has 1 aliphatic heterocycles. The number of oxime groups is 1. The number of β-lactam (4-membered cyclic amide) rings is 1. The molecule has 3 aromatic rings. The number of amides is 1. The van der Waals surface area contributed by atoms with Crippen molar-refractivity contribution < 1.29 is 23.5 Å². The molecule has 32 heavy (non-hydrogen) atoms. The number of phenolic OH excluding ortho intramolecular Hbond substituents is 1. The first kappa shape index (κ1) is 21.5. The standard InChI is InChI=1S/C25H22F2N2O3/c1-32-28-23(16-2-6-18(26)7-3-16)15-14-22-24(17-4-12-21(30)13-5-17)29(25(22)31)20-10-8-19(27)9-11-20/h2-13,22,24,30H,14-15H2,1H3/b28-23+/t22-,24-/m0/s1. The highest BCUT2D eigenvalue weighted by Crippen LogP contribution is 2.46. The van der Waals surface area contributed by atoms with E-state index >= 15 is 0 Å². The molecule has 1 N–H and O–H groups in total. The third kappa shape index (κ3) is 4.32. The Morgan fingerprint density at radius 2 is 1.56 bits per heavy atom. The average Bonchev–Trinajstić information content (AvgIpc) is 2.79. The van der Waals surface area contributed by atoms with E-state index in [1.54, 1.807) is 53.4 Å². The summed E-state index contributed by atoms with van der Waals surface area (Å²) in [6.07, 6.45) is 0.934. The Morgan fingerprint density at radius 1 is 0.969 bits per heavy atom. The van der Waals surface area contributed by atoms with Gasteiger partial charge in [-0.05, 0) is 72.5 Å². The van der Waals surface area contributed by atoms with Gasteiger partial charge in [-0.15, -0.1) is 0 Å². The zero-order valence-corrected chi connectivity index (χ0v) is 17.4. The van der Waals surface area contributed by atoms with Crippen LogP contribution in [0.15, 0.2) is 78.0 Å². The molecule has 1 amide bonds. The highest BCUT2D eigenvalue weighted by Gasteiger charge is 2.48. The lowest BCUT2D eigenvalue weighted by Crippen LogP contribution is -2.55. The average molecular weight is 436 g/mol. The molecule has 1 heterocycles. The summed E-state index contributed by atoms with van der Waals surface area (Å²) >= 11 is 0. The first-order valence-electron chi connectivity index (χ1n) is 10.2. The maximum absolute atomic E-state index is 13.4. The molecule has 0 bridgehead atoms. The van der Waals surface area contributed by atoms with Gasteiger partial charge in [0.25, 0.3) is 0 Å². The van der Waals surface area contributed by atoms with Crippen molar-refractivity contribution >= 4 is 17.3 Å². The lowest BCUT2D eigenvalue weighted by Gasteiger charge is -2.47. The number of nitrogens with zero attached hydrogens (tertiary/aromatic N) is 2. The van der Waals surface area contributed by atoms with E-state index in [4.69, 9.17) is 4.84 Å². The summed E-state index contributed by atoms with van der Waals surface area (Å²) < 4.78 is 26.7. The van der Waals surface area contributed by atoms with Crippen LogP contribution in [0.5, 0.6) is 5.75 Å². The number of rotatable bonds is 7. The number of carbonyl (C=O) groups is 1. The lowest BCUT2D eigenvalue weighted by molar-refractivity contribution is -0.130. The Balaban J connectivity index is 1.59. The van der Waals surface area contributed by atoms with Crippen LogP contribution in [0.3, 0.4) is 0 Å². The molecule has 0 radical (unpaired) electrons. The van der Waals surface area contributed by atoms with E-state index in [1.165, 1.54) is 31.4 Å². The van der Waals surface area contributed by atoms with Gasteiger partial charge in [0.1, 0.15) is 24.5 Å². The van der Waals surface area contributed by atoms with Gasteiger partial charge in [0.05, 0.1) is 17.7 Å². The summed E-state index contributed by atoms with van der Waals surface area (Å²) in [7, 11) is 1.44. The van der Waals surface area contributed by atoms with E-state index in [0.29, 0.717) is 24.2 Å². The van der Waals surface area contributed by atoms with E-state index in [2.05, 4.69) is 5.16 Å². The molecule has 0 saturated carbocycles. The molecule has 7 heteroatoms. The Kier molecular flexibility index (Phi) is 6.16. The second-order valence-corrected chi connectivity index (χ2v) is 7.59. The number of hydrogen-bond donors (Lipinski definition) is 1. The molecule has 4 rings (SSSR count). The predicted molar refractivity (Wildman–Crippen MR) is 117 cm³/mol. The van der Waals surface area contributed by atoms with Crippen LogP contribution in [-0.4, -0.2) is 23.8 Å². The molecule has 1 saturated heterocycles. The molecule has 5 nitrogen and oxygen atoms in total. The number of hydrogen-bond acceptors (Lipinski definition) is 4. The molecule has 3 aromatic carbocycles. The van der Waals surface area contributed by atoms with Crippen LogP contribution in [0.1, 0.15) is 30.0 Å². The summed E-state index contributed by atoms with van der Waals surface area (Å²) in [6.45, 7) is 0. The molecule has 1 fully saturated rings. The Labute approximate surface area is 184 Å². The Bertz CT molecular complexity index is 1110. The van der Waals surface area contributed by atoms with Crippen molar-refractivity contribution in [3.05, 3.63) is 95.6 Å². The number of carbonyl (C=O) groups excluding carboxylic acids is 1. The third-order valence-electron chi connectivity index (χ3n) is 5.62. The van der Waals surface area contributed by atoms with Crippen molar-refractivity contribution in [3.8, 4) is 5.75 Å². The van der Waals surface area contributed by atoms with Crippen LogP contribution in [0, 0.1) is 17.6 Å². The van der Waals surface area contributed by atoms with Crippen molar-refractivity contribution in [3.63, 3.8) is 0 Å². The van der Waals surface area contributed by atoms with Crippen LogP contribution in [-0.2, 0) is 9.63 Å². The number of anilines is 1. The van der Waals surface area contributed by atoms with Crippen LogP contribution in [0.4, 0.5) is 14.5 Å². The molecular weight excluding hydrogens is 414 g/mol. The second kappa shape index (κ2) is 9.18. The maximum Gasteiger partial charge on any atom is 0.233 e. The SMILES string of the molecule is CO/N=C(\CC[C@@H]1C(=O)N(c2ccc(F)cc2)[C@H]1c1ccc(O)cc1)c1ccc(F)cc1. The number of halogens is 2. The quantitative estimate of drug-likeness (QED) is 0.314. The summed E-state index contributed by atoms with van der Waals surface area (Å²) in [6, 6.07) is 18.2. The molecule has 0 aromatic heterocycles. The van der Waals surface area contributed by atoms with Gasteiger partial charge in [-0.3, -0.25) is 4.79 Å². The van der Waals surface area contributed by atoms with E-state index in [1.807, 2.05) is 0 Å². The topological polar surface area (TPSA) is 62.1 Å². The van der Waals surface area contributed by atoms with Crippen LogP contribution < -0.4 is 4.90 Å². The van der Waals surface area contributed by atoms with Crippen molar-refractivity contribution in [1.82, 2.24) is 0 Å². The normalized spacial score (nSPS) is 18.4. The van der Waals surface area contributed by atoms with Crippen molar-refractivity contribution in [2.75, 3.05) is 12.0 Å². The van der Waals surface area contributed by atoms with E-state index in [-0.39, 0.29) is 35.3 Å². The zero-order valence-electron chi connectivity index (χ0n) is 17.4. The molecule has 0 spiro atoms. The van der Waals surface area contributed by atoms with Gasteiger partial charge in [0.2, 0.25) is 5.91 Å². The van der Waals surface area contributed by atoms with Gasteiger partial charge in [0, 0.05) is 5.69 Å². The summed E-state index contributed by atoms with van der Waals surface area (Å²) in [5.74, 6) is -1.01. The van der Waals surface area contributed by atoms with Crippen LogP contribution >= 0.6 is 0 Å². The molecule has 0 unspecified atom stereocenters. The van der Waals surface area contributed by atoms with E-state index in [0.717, 1.165) is 11.1 Å². The Morgan fingerprint density at radius 3 is 2.16 bits per heavy atom. The lowest BCUT2D eigenvalue weighted by atomic mass is 9.78. The monoisotopic (exact) mass is 436 g/mol. The van der Waals surface area contributed by atoms with Crippen LogP contribution in [0.2, 0.25) is 0 Å². The van der Waals surface area contributed by atoms with Crippen molar-refractivity contribution in [2.45, 2.75) is 18.9 Å². The minimum atomic E-state index is -0.376. The number of benzene rings is 3. The van der Waals surface area contributed by atoms with Crippen molar-refractivity contribution in [2.24, 2.45) is 11.1 Å². The third-order valence-corrected chi connectivity index (χ3v) is 5.62. The highest BCUT2D eigenvalue weighted by molar-refractivity contribution is 6.04. The Hall–Kier alpha value is -3.74. The maximum atomic E-state index is 13.4. The fourth-order valence-corrected chi connectivity index (χ4v) is 4.06. The molecule has 1 aliphatic rings. The van der Waals surface area contributed by atoms with Gasteiger partial charge in [0.15, 0.2) is 0 Å². The molecular formula is C25H22F2N2O3. The highest BCUT2D eigenvalue weighted by atomic mass is 19.1. The van der Waals surface area contributed by atoms with Crippen LogP contribution in [0.25, 0.3) is 0 Å². The summed E-state index contributed by atoms with van der Waals surface area (Å²) in [5, 5.41) is 13.7. The molecule has 2 atom stereocenters. The van der Waals surface area contributed by atoms with E-state index < -0.39 is 0 Å². The van der Waals surface area contributed by atoms with Gasteiger partial charge in [-0.2, -0.15) is 0 Å². The smallest absolute Gasteiger partial charge is 0.233 e. The van der Waals surface area contributed by atoms with Gasteiger partial charge < -0.3 is 14.8 Å². The second-order valence-electron chi connectivity index (χ2n) is 7.59. The minimum Gasteiger partial charge on any atom is -0.508 e. The summed E-state index contributed by atoms with van der Waals surface area (Å²) in [4.78, 5) is 19.7. The fraction of sp³-hybridized carbons (Fsp3) is 0.200. The molecule has 164 valence electrons. The first-order valence-corrected chi connectivity index (χ1v) is 10.2. The zero-order chi connectivity index (χ0) is 22.7. The van der Waals surface area contributed by atoms with Crippen molar-refractivity contribution in [1.29, 1.82) is 0 Å². The van der Waals surface area contributed by atoms with Gasteiger partial charge in [-0.1, -0.05) is 29.4 Å².